The largest absolute Gasteiger partial charge is 0.325 e. The second-order valence-electron chi connectivity index (χ2n) is 5.78. The van der Waals surface area contributed by atoms with Gasteiger partial charge in [0.2, 0.25) is 10.0 Å². The average molecular weight is 366 g/mol. The van der Waals surface area contributed by atoms with Crippen molar-refractivity contribution in [3.05, 3.63) is 46.3 Å². The van der Waals surface area contributed by atoms with Crippen molar-refractivity contribution < 1.29 is 13.3 Å². The van der Waals surface area contributed by atoms with Crippen LogP contribution in [0.3, 0.4) is 0 Å². The predicted octanol–water partition coefficient (Wildman–Crippen LogP) is 0.671. The second kappa shape index (κ2) is 6.86. The third kappa shape index (κ3) is 3.38. The fourth-order valence-corrected chi connectivity index (χ4v) is 4.58. The number of sulfonamides is 1. The number of aromatic nitrogens is 3. The van der Waals surface area contributed by atoms with Crippen LogP contribution < -0.4 is 5.73 Å². The molecule has 1 fully saturated rings. The molecule has 0 bridgehead atoms. The quantitative estimate of drug-likeness (QED) is 0.606. The molecule has 11 heteroatoms. The molecular weight excluding hydrogens is 348 g/mol. The fraction of sp³-hybridized carbons (Fsp3) is 0.429. The number of rotatable bonds is 5. The van der Waals surface area contributed by atoms with Gasteiger partial charge in [-0.2, -0.15) is 4.31 Å². The molecule has 1 aliphatic rings. The molecule has 0 radical (unpaired) electrons. The fourth-order valence-electron chi connectivity index (χ4n) is 2.91. The maximum absolute atomic E-state index is 12.9. The highest BCUT2D eigenvalue weighted by Gasteiger charge is 2.35. The third-order valence-corrected chi connectivity index (χ3v) is 6.09. The Morgan fingerprint density at radius 3 is 2.80 bits per heavy atom. The zero-order chi connectivity index (χ0) is 18.0. The number of benzene rings is 1. The van der Waals surface area contributed by atoms with Crippen LogP contribution in [0.15, 0.2) is 35.4 Å². The van der Waals surface area contributed by atoms with E-state index >= 15 is 0 Å². The Bertz CT molecular complexity index is 881. The van der Waals surface area contributed by atoms with Crippen molar-refractivity contribution in [3.63, 3.8) is 0 Å². The molecule has 0 spiro atoms. The first-order valence-electron chi connectivity index (χ1n) is 7.78. The molecule has 25 heavy (non-hydrogen) atoms. The van der Waals surface area contributed by atoms with Gasteiger partial charge in [-0.3, -0.25) is 10.1 Å². The summed E-state index contributed by atoms with van der Waals surface area (Å²) in [7, 11) is -3.97. The van der Waals surface area contributed by atoms with E-state index in [0.29, 0.717) is 18.7 Å². The molecule has 1 aliphatic heterocycles. The molecule has 134 valence electrons. The van der Waals surface area contributed by atoms with Gasteiger partial charge in [-0.15, -0.1) is 5.10 Å². The van der Waals surface area contributed by atoms with Crippen LogP contribution in [0.2, 0.25) is 0 Å². The van der Waals surface area contributed by atoms with Crippen LogP contribution >= 0.6 is 0 Å². The summed E-state index contributed by atoms with van der Waals surface area (Å²) in [6.45, 7) is 0.746. The molecule has 0 aliphatic carbocycles. The number of hydrogen-bond donors (Lipinski definition) is 1. The lowest BCUT2D eigenvalue weighted by Gasteiger charge is -2.31. The Hall–Kier alpha value is -2.37. The Labute approximate surface area is 144 Å². The predicted molar refractivity (Wildman–Crippen MR) is 88.0 cm³/mol. The number of nitrogens with zero attached hydrogens (tertiary/aromatic N) is 5. The summed E-state index contributed by atoms with van der Waals surface area (Å²) in [5, 5.41) is 19.1. The van der Waals surface area contributed by atoms with Crippen LogP contribution in [-0.4, -0.2) is 45.7 Å². The number of nitro groups is 1. The van der Waals surface area contributed by atoms with Crippen molar-refractivity contribution in [3.8, 4) is 0 Å². The molecule has 1 aromatic heterocycles. The smallest absolute Gasteiger partial charge is 0.289 e. The number of para-hydroxylation sites is 1. The van der Waals surface area contributed by atoms with Crippen LogP contribution in [0.4, 0.5) is 5.69 Å². The summed E-state index contributed by atoms with van der Waals surface area (Å²) in [5.41, 5.74) is 5.73. The van der Waals surface area contributed by atoms with Gasteiger partial charge in [0.15, 0.2) is 4.90 Å². The highest BCUT2D eigenvalue weighted by molar-refractivity contribution is 7.89. The molecule has 1 atom stereocenters. The van der Waals surface area contributed by atoms with Crippen LogP contribution in [0.5, 0.6) is 0 Å². The van der Waals surface area contributed by atoms with E-state index < -0.39 is 20.6 Å². The number of nitro benzene ring substituents is 1. The maximum Gasteiger partial charge on any atom is 0.289 e. The highest BCUT2D eigenvalue weighted by Crippen LogP contribution is 2.30. The van der Waals surface area contributed by atoms with Gasteiger partial charge in [-0.1, -0.05) is 17.3 Å². The Balaban J connectivity index is 1.89. The number of nitrogens with two attached hydrogens (primary N) is 1. The van der Waals surface area contributed by atoms with Gasteiger partial charge in [0, 0.05) is 25.7 Å². The van der Waals surface area contributed by atoms with E-state index in [-0.39, 0.29) is 24.0 Å². The van der Waals surface area contributed by atoms with Gasteiger partial charge in [-0.05, 0) is 18.9 Å². The summed E-state index contributed by atoms with van der Waals surface area (Å²) in [6, 6.07) is 5.20. The molecule has 1 aromatic carbocycles. The molecule has 1 unspecified atom stereocenters. The normalized spacial score (nSPS) is 19.0. The zero-order valence-corrected chi connectivity index (χ0v) is 14.2. The van der Waals surface area contributed by atoms with Crippen LogP contribution in [-0.2, 0) is 16.6 Å². The highest BCUT2D eigenvalue weighted by atomic mass is 32.2. The number of piperidine rings is 1. The van der Waals surface area contributed by atoms with E-state index in [1.807, 2.05) is 0 Å². The van der Waals surface area contributed by atoms with Crippen LogP contribution in [0.1, 0.15) is 24.6 Å². The van der Waals surface area contributed by atoms with E-state index in [1.54, 1.807) is 10.9 Å². The standard InChI is InChI=1S/C14H18N6O4S/c15-8-11-9-19(17-16-11)12-4-3-7-18(10-12)25(23,24)14-6-2-1-5-13(14)20(21)22/h1-2,5-6,9,12H,3-4,7-8,10,15H2. The van der Waals surface area contributed by atoms with Crippen LogP contribution in [0, 0.1) is 10.1 Å². The minimum Gasteiger partial charge on any atom is -0.325 e. The van der Waals surface area contributed by atoms with Gasteiger partial charge >= 0.3 is 0 Å². The molecule has 1 saturated heterocycles. The van der Waals surface area contributed by atoms with E-state index in [2.05, 4.69) is 10.3 Å². The lowest BCUT2D eigenvalue weighted by atomic mass is 10.1. The molecule has 10 nitrogen and oxygen atoms in total. The lowest BCUT2D eigenvalue weighted by Crippen LogP contribution is -2.41. The summed E-state index contributed by atoms with van der Waals surface area (Å²) < 4.78 is 28.7. The van der Waals surface area contributed by atoms with Crippen molar-refractivity contribution in [1.82, 2.24) is 19.3 Å². The maximum atomic E-state index is 12.9. The average Bonchev–Trinajstić information content (AvgIpc) is 3.11. The van der Waals surface area contributed by atoms with E-state index in [1.165, 1.54) is 28.6 Å². The molecule has 2 aromatic rings. The molecule has 3 rings (SSSR count). The first kappa shape index (κ1) is 17.5. The molecule has 0 amide bonds. The van der Waals surface area contributed by atoms with Crippen LogP contribution in [0.25, 0.3) is 0 Å². The second-order valence-corrected chi connectivity index (χ2v) is 7.68. The Kier molecular flexibility index (Phi) is 4.79. The van der Waals surface area contributed by atoms with E-state index in [9.17, 15) is 18.5 Å². The zero-order valence-electron chi connectivity index (χ0n) is 13.4. The van der Waals surface area contributed by atoms with Gasteiger partial charge in [-0.25, -0.2) is 13.1 Å². The van der Waals surface area contributed by atoms with Crippen molar-refractivity contribution in [1.29, 1.82) is 0 Å². The van der Waals surface area contributed by atoms with E-state index in [4.69, 9.17) is 5.73 Å². The molecule has 0 saturated carbocycles. The minimum absolute atomic E-state index is 0.181. The Morgan fingerprint density at radius 1 is 1.36 bits per heavy atom. The van der Waals surface area contributed by atoms with Gasteiger partial charge in [0.1, 0.15) is 0 Å². The molecule has 2 N–H and O–H groups in total. The van der Waals surface area contributed by atoms with E-state index in [0.717, 1.165) is 6.42 Å². The summed E-state index contributed by atoms with van der Waals surface area (Å²) in [6.07, 6.45) is 3.07. The Morgan fingerprint density at radius 2 is 2.12 bits per heavy atom. The minimum atomic E-state index is -3.97. The third-order valence-electron chi connectivity index (χ3n) is 4.18. The first-order chi connectivity index (χ1) is 11.9. The first-order valence-corrected chi connectivity index (χ1v) is 9.22. The lowest BCUT2D eigenvalue weighted by molar-refractivity contribution is -0.387. The van der Waals surface area contributed by atoms with Gasteiger partial charge in [0.25, 0.3) is 5.69 Å². The molecular formula is C14H18N6O4S. The topological polar surface area (TPSA) is 137 Å². The van der Waals surface area contributed by atoms with Gasteiger partial charge < -0.3 is 5.73 Å². The van der Waals surface area contributed by atoms with Crippen molar-refractivity contribution >= 4 is 15.7 Å². The SMILES string of the molecule is NCc1cn(C2CCCN(S(=O)(=O)c3ccccc3[N+](=O)[O-])C2)nn1. The summed E-state index contributed by atoms with van der Waals surface area (Å²) in [5.74, 6) is 0. The summed E-state index contributed by atoms with van der Waals surface area (Å²) in [4.78, 5) is 10.2. The number of hydrogen-bond acceptors (Lipinski definition) is 7. The molecule has 2 heterocycles. The monoisotopic (exact) mass is 366 g/mol. The van der Waals surface area contributed by atoms with Gasteiger partial charge in [0.05, 0.1) is 22.9 Å². The van der Waals surface area contributed by atoms with Crippen molar-refractivity contribution in [2.24, 2.45) is 5.73 Å². The summed E-state index contributed by atoms with van der Waals surface area (Å²) >= 11 is 0. The van der Waals surface area contributed by atoms with Crippen molar-refractivity contribution in [2.45, 2.75) is 30.3 Å². The van der Waals surface area contributed by atoms with Crippen molar-refractivity contribution in [2.75, 3.05) is 13.1 Å².